The number of pyridine rings is 5. The van der Waals surface area contributed by atoms with Crippen LogP contribution < -0.4 is 20.4 Å². The van der Waals surface area contributed by atoms with Crippen LogP contribution in [0.5, 0.6) is 0 Å². The normalized spacial score (nSPS) is 12.4. The van der Waals surface area contributed by atoms with Crippen LogP contribution >= 0.6 is 0 Å². The molecule has 136 heavy (non-hydrogen) atoms. The molecule has 0 bridgehead atoms. The molecular formula is C99H78FN23O9S4. The molecule has 2 aliphatic rings. The number of hydrogen-bond donors (Lipinski definition) is 2. The molecule has 6 aromatic carbocycles. The quantitative estimate of drug-likeness (QED) is 0.0715. The topological polar surface area (TPSA) is 402 Å². The van der Waals surface area contributed by atoms with Crippen LogP contribution in [0.3, 0.4) is 0 Å². The first-order chi connectivity index (χ1) is 65.8. The number of nitrogens with zero attached hydrogens (tertiary/aromatic N) is 21. The Morgan fingerprint density at radius 1 is 0.375 bits per heavy atom. The fourth-order valence-corrected chi connectivity index (χ4v) is 18.3. The molecule has 0 radical (unpaired) electrons. The summed E-state index contributed by atoms with van der Waals surface area (Å²) in [6, 6.07) is 72.7. The van der Waals surface area contributed by atoms with Gasteiger partial charge in [-0.25, -0.2) is 81.0 Å². The highest BCUT2D eigenvalue weighted by Gasteiger charge is 2.30. The molecule has 0 atom stereocenters. The van der Waals surface area contributed by atoms with E-state index in [4.69, 9.17) is 29.6 Å². The number of benzene rings is 6. The van der Waals surface area contributed by atoms with Crippen LogP contribution in [-0.2, 0) is 78.6 Å². The maximum absolute atomic E-state index is 14.5. The molecule has 32 nitrogen and oxygen atoms in total. The first-order valence-corrected chi connectivity index (χ1v) is 49.8. The van der Waals surface area contributed by atoms with Gasteiger partial charge in [0.05, 0.1) is 55.7 Å². The summed E-state index contributed by atoms with van der Waals surface area (Å²) in [5.41, 5.74) is 19.1. The van der Waals surface area contributed by atoms with Gasteiger partial charge in [-0.3, -0.25) is 24.9 Å². The zero-order valence-electron chi connectivity index (χ0n) is 72.8. The molecule has 0 saturated heterocycles. The summed E-state index contributed by atoms with van der Waals surface area (Å²) < 4.78 is 123. The second kappa shape index (κ2) is 37.1. The van der Waals surface area contributed by atoms with Gasteiger partial charge in [0.1, 0.15) is 34.1 Å². The molecule has 0 fully saturated rings. The third-order valence-electron chi connectivity index (χ3n) is 22.7. The van der Waals surface area contributed by atoms with Crippen molar-refractivity contribution >= 4 is 84.7 Å². The lowest BCUT2D eigenvalue weighted by atomic mass is 10.1. The van der Waals surface area contributed by atoms with Gasteiger partial charge in [0.2, 0.25) is 0 Å². The molecule has 0 saturated carbocycles. The Hall–Kier alpha value is -16.8. The molecule has 37 heteroatoms. The van der Waals surface area contributed by atoms with Gasteiger partial charge in [-0.15, -0.1) is 20.4 Å². The Morgan fingerprint density at radius 3 is 1.10 bits per heavy atom. The van der Waals surface area contributed by atoms with E-state index in [1.54, 1.807) is 64.5 Å². The summed E-state index contributed by atoms with van der Waals surface area (Å²) in [5.74, 6) is 3.42. The molecular weight excluding hydrogens is 1800 g/mol. The molecule has 20 aromatic rings. The number of anilines is 4. The fraction of sp³-hybridized carbons (Fsp3) is 0.101. The van der Waals surface area contributed by atoms with E-state index in [9.17, 15) is 43.3 Å². The zero-order chi connectivity index (χ0) is 94.0. The number of fused-ring (bicyclic) bond motifs is 6. The van der Waals surface area contributed by atoms with E-state index in [-0.39, 0.29) is 43.1 Å². The van der Waals surface area contributed by atoms with Crippen molar-refractivity contribution in [1.82, 2.24) is 88.3 Å². The molecule has 674 valence electrons. The molecule has 14 aromatic heterocycles. The monoisotopic (exact) mass is 1880 g/mol. The van der Waals surface area contributed by atoms with Gasteiger partial charge < -0.3 is 24.9 Å². The number of sulfone groups is 4. The Kier molecular flexibility index (Phi) is 24.1. The van der Waals surface area contributed by atoms with Gasteiger partial charge in [0.15, 0.2) is 92.3 Å². The highest BCUT2D eigenvalue weighted by atomic mass is 32.2. The fourth-order valence-electron chi connectivity index (χ4n) is 16.0. The van der Waals surface area contributed by atoms with E-state index < -0.39 is 45.2 Å². The van der Waals surface area contributed by atoms with Gasteiger partial charge in [0, 0.05) is 182 Å². The average Bonchev–Trinajstić information content (AvgIpc) is 1.70. The van der Waals surface area contributed by atoms with E-state index >= 15 is 0 Å². The summed E-state index contributed by atoms with van der Waals surface area (Å²) in [6.07, 6.45) is 28.2. The van der Waals surface area contributed by atoms with Crippen LogP contribution in [0.1, 0.15) is 39.2 Å². The van der Waals surface area contributed by atoms with Crippen LogP contribution in [0.15, 0.2) is 342 Å². The van der Waals surface area contributed by atoms with E-state index in [2.05, 4.69) is 120 Å². The van der Waals surface area contributed by atoms with Gasteiger partial charge in [0.25, 0.3) is 0 Å². The van der Waals surface area contributed by atoms with Gasteiger partial charge in [-0.05, 0) is 106 Å². The van der Waals surface area contributed by atoms with Gasteiger partial charge in [-0.2, -0.15) is 5.26 Å². The molecule has 2 aliphatic heterocycles. The summed E-state index contributed by atoms with van der Waals surface area (Å²) in [5, 5.41) is 34.6. The molecule has 2 N–H and O–H groups in total. The smallest absolute Gasteiger partial charge is 0.183 e. The van der Waals surface area contributed by atoms with Crippen LogP contribution in [0.4, 0.5) is 27.7 Å². The summed E-state index contributed by atoms with van der Waals surface area (Å²) in [7, 11) is -13.7. The van der Waals surface area contributed by atoms with Gasteiger partial charge in [-0.1, -0.05) is 158 Å². The maximum atomic E-state index is 14.5. The van der Waals surface area contributed by atoms with Crippen LogP contribution in [-0.4, -0.2) is 147 Å². The Balaban J connectivity index is 0.000000116. The largest absolute Gasteiger partial charge is 0.451 e. The van der Waals surface area contributed by atoms with Crippen LogP contribution in [0, 0.1) is 17.1 Å². The first-order valence-electron chi connectivity index (χ1n) is 42.2. The lowest BCUT2D eigenvalue weighted by Gasteiger charge is -2.19. The van der Waals surface area contributed by atoms with E-state index in [1.807, 2.05) is 161 Å². The summed E-state index contributed by atoms with van der Waals surface area (Å²) in [6.45, 7) is 3.18. The molecule has 0 unspecified atom stereocenters. The number of aromatic nitrogens is 18. The SMILES string of the molecule is CS(=O)(=O)c1cncc(-c2nc(N3Cc4ccccc4C3)c3c(-c4ccccc4)ccn3n2)c1.CS(=O)(=O)c1cncc(-c2nc(N3Cc4cccnc4C3)c3c(-c4ccccc4)ccn3n2)c1.CS(=O)(=O)c1cncc(-c2nc(NCc3c(F)cccc3C#N)c3c(-c4ccccc4)ccn3n2)c1.CS(=O)(=O)c1cncc(-c2nc(NCc3cocn3)c3c(-c4ccccc4)ccn3n2)c1. The van der Waals surface area contributed by atoms with Crippen molar-refractivity contribution < 1.29 is 42.5 Å². The Labute approximate surface area is 778 Å². The lowest BCUT2D eigenvalue weighted by molar-refractivity contribution is 0.556. The predicted molar refractivity (Wildman–Crippen MR) is 512 cm³/mol. The molecule has 22 rings (SSSR count). The molecule has 0 amide bonds. The summed E-state index contributed by atoms with van der Waals surface area (Å²) >= 11 is 0. The number of nitrogens with one attached hydrogen (secondary N) is 2. The van der Waals surface area contributed by atoms with E-state index in [0.29, 0.717) is 76.5 Å². The van der Waals surface area contributed by atoms with E-state index in [1.165, 1.54) is 79.0 Å². The predicted octanol–water partition coefficient (Wildman–Crippen LogP) is 16.1. The standard InChI is InChI=1S/C26H19FN6O2S.C26H21N5O2S.C25H20N6O2S.C22H18N6O3S/c1-36(34,35)20-12-19(14-29-15-20)25-31-26(30-16-22-18(13-28)8-5-9-23(22)27)24-21(10-11-33(24)32-25)17-6-3-2-4-7-17;1-34(32,33)22-13-21(14-27-15-22)25-28-26(30-16-19-9-5-6-10-20(19)17-30)24-23(11-12-31(24)29-25)18-7-3-2-4-8-18;1-34(32,33)20-12-19(13-26-14-20)24-28-25(30-15-18-8-5-10-27-22(18)16-30)23-21(9-11-31(23)29-24)17-6-3-2-4-7-17;1-32(29,30)18-9-16(10-23-12-18)21-26-22(24-11-17-13-31-14-25-17)20-19(7-8-28(20)27-21)15-5-3-2-4-6-15/h2-12,14-15H,16H2,1H3,(H,30,31,32);2-15H,16-17H2,1H3;2-14H,15-16H2,1H3;2-10,12-14H,11H2,1H3,(H,24,26,27). The van der Waals surface area contributed by atoms with Gasteiger partial charge >= 0.3 is 0 Å². The van der Waals surface area contributed by atoms with Crippen LogP contribution in [0.25, 0.3) is 112 Å². The number of nitriles is 1. The highest BCUT2D eigenvalue weighted by molar-refractivity contribution is 7.91. The average molecular weight is 1880 g/mol. The minimum atomic E-state index is -3.49. The Bertz CT molecular complexity index is 8210. The third kappa shape index (κ3) is 18.8. The minimum absolute atomic E-state index is 0.00270. The van der Waals surface area contributed by atoms with Crippen molar-refractivity contribution in [3.63, 3.8) is 0 Å². The van der Waals surface area contributed by atoms with Crippen molar-refractivity contribution in [2.24, 2.45) is 0 Å². The number of halogens is 1. The van der Waals surface area contributed by atoms with Crippen molar-refractivity contribution in [3.8, 4) is 96.1 Å². The maximum Gasteiger partial charge on any atom is 0.183 e. The number of rotatable bonds is 20. The zero-order valence-corrected chi connectivity index (χ0v) is 76.1. The van der Waals surface area contributed by atoms with Crippen molar-refractivity contribution in [3.05, 3.63) is 363 Å². The van der Waals surface area contributed by atoms with Crippen molar-refractivity contribution in [2.45, 2.75) is 58.9 Å². The lowest BCUT2D eigenvalue weighted by Crippen LogP contribution is -2.18. The number of oxazole rings is 1. The van der Waals surface area contributed by atoms with Crippen LogP contribution in [0.2, 0.25) is 0 Å². The minimum Gasteiger partial charge on any atom is -0.451 e. The number of hydrogen-bond acceptors (Lipinski definition) is 28. The highest BCUT2D eigenvalue weighted by Crippen LogP contribution is 2.41. The molecule has 16 heterocycles. The first kappa shape index (κ1) is 88.5. The van der Waals surface area contributed by atoms with Crippen molar-refractivity contribution in [2.75, 3.05) is 45.5 Å². The summed E-state index contributed by atoms with van der Waals surface area (Å²) in [4.78, 5) is 49.2. The van der Waals surface area contributed by atoms with E-state index in [0.717, 1.165) is 122 Å². The second-order valence-corrected chi connectivity index (χ2v) is 40.1. The van der Waals surface area contributed by atoms with Crippen molar-refractivity contribution in [1.29, 1.82) is 5.26 Å². The second-order valence-electron chi connectivity index (χ2n) is 32.0. The third-order valence-corrected chi connectivity index (χ3v) is 27.0. The molecule has 0 aliphatic carbocycles. The Morgan fingerprint density at radius 2 is 0.728 bits per heavy atom. The molecule has 0 spiro atoms.